The molecule has 2 aromatic rings. The number of fused-ring (bicyclic) bond motifs is 2. The summed E-state index contributed by atoms with van der Waals surface area (Å²) in [4.78, 5) is 29.3. The first kappa shape index (κ1) is 17.1. The van der Waals surface area contributed by atoms with Crippen molar-refractivity contribution >= 4 is 22.8 Å². The van der Waals surface area contributed by atoms with E-state index in [-0.39, 0.29) is 17.9 Å². The van der Waals surface area contributed by atoms with E-state index in [0.717, 1.165) is 36.8 Å². The van der Waals surface area contributed by atoms with Crippen LogP contribution in [0, 0.1) is 5.92 Å². The lowest BCUT2D eigenvalue weighted by Crippen LogP contribution is -2.57. The molecule has 138 valence electrons. The van der Waals surface area contributed by atoms with E-state index >= 15 is 0 Å². The number of hydrogen-bond donors (Lipinski definition) is 1. The molecule has 6 heteroatoms. The van der Waals surface area contributed by atoms with Gasteiger partial charge in [-0.05, 0) is 37.8 Å². The Morgan fingerprint density at radius 3 is 2.96 bits per heavy atom. The molecule has 6 nitrogen and oxygen atoms in total. The largest absolute Gasteiger partial charge is 0.463 e. The molecule has 2 atom stereocenters. The molecule has 0 saturated carbocycles. The van der Waals surface area contributed by atoms with Gasteiger partial charge >= 0.3 is 0 Å². The Morgan fingerprint density at radius 1 is 1.27 bits per heavy atom. The maximum Gasteiger partial charge on any atom is 0.257 e. The fourth-order valence-electron chi connectivity index (χ4n) is 4.40. The summed E-state index contributed by atoms with van der Waals surface area (Å²) in [5.74, 6) is 0.612. The van der Waals surface area contributed by atoms with Crippen LogP contribution in [-0.4, -0.2) is 53.8 Å². The molecule has 2 amide bonds. The molecule has 4 rings (SSSR count). The summed E-state index contributed by atoms with van der Waals surface area (Å²) in [7, 11) is 0. The fraction of sp³-hybridized carbons (Fsp3) is 0.500. The zero-order chi connectivity index (χ0) is 18.1. The highest BCUT2D eigenvalue weighted by Gasteiger charge is 2.40. The van der Waals surface area contributed by atoms with Crippen LogP contribution >= 0.6 is 0 Å². The second kappa shape index (κ2) is 7.11. The molecule has 0 bridgehead atoms. The van der Waals surface area contributed by atoms with Crippen molar-refractivity contribution in [3.8, 4) is 0 Å². The van der Waals surface area contributed by atoms with Crippen molar-refractivity contribution in [1.29, 1.82) is 0 Å². The number of furan rings is 1. The number of carbonyl (C=O) groups is 2. The van der Waals surface area contributed by atoms with Gasteiger partial charge in [0.2, 0.25) is 5.91 Å². The van der Waals surface area contributed by atoms with Crippen LogP contribution in [0.25, 0.3) is 11.0 Å². The van der Waals surface area contributed by atoms with Gasteiger partial charge in [0.25, 0.3) is 5.91 Å². The topological polar surface area (TPSA) is 79.8 Å². The number of likely N-dealkylation sites (tertiary alicyclic amines) is 2. The van der Waals surface area contributed by atoms with Crippen molar-refractivity contribution in [2.24, 2.45) is 11.7 Å². The molecule has 2 fully saturated rings. The highest BCUT2D eigenvalue weighted by Crippen LogP contribution is 2.32. The standard InChI is InChI=1S/C20H25N3O3/c21-9-3-10-23-17-8-11-22(12-14(17)6-7-19(23)24)20(25)16-13-26-18-5-2-1-4-15(16)18/h1-2,4-5,13-14,17H,3,6-12,21H2/t14-,17+/m0/s1. The first-order valence-electron chi connectivity index (χ1n) is 9.44. The second-order valence-corrected chi connectivity index (χ2v) is 7.28. The predicted octanol–water partition coefficient (Wildman–Crippen LogP) is 2.23. The van der Waals surface area contributed by atoms with Crippen molar-refractivity contribution in [3.63, 3.8) is 0 Å². The van der Waals surface area contributed by atoms with E-state index < -0.39 is 0 Å². The lowest BCUT2D eigenvalue weighted by molar-refractivity contribution is -0.140. The van der Waals surface area contributed by atoms with Gasteiger partial charge < -0.3 is 20.0 Å². The number of hydrogen-bond acceptors (Lipinski definition) is 4. The summed E-state index contributed by atoms with van der Waals surface area (Å²) in [5, 5.41) is 0.864. The molecule has 1 aromatic heterocycles. The van der Waals surface area contributed by atoms with Crippen molar-refractivity contribution < 1.29 is 14.0 Å². The van der Waals surface area contributed by atoms with Crippen LogP contribution in [0.2, 0.25) is 0 Å². The van der Waals surface area contributed by atoms with E-state index in [9.17, 15) is 9.59 Å². The van der Waals surface area contributed by atoms with Crippen molar-refractivity contribution in [3.05, 3.63) is 36.1 Å². The SMILES string of the molecule is NCCCN1C(=O)CC[C@H]2CN(C(=O)c3coc4ccccc34)CC[C@H]21. The summed E-state index contributed by atoms with van der Waals surface area (Å²) in [6, 6.07) is 7.87. The summed E-state index contributed by atoms with van der Waals surface area (Å²) < 4.78 is 5.53. The number of rotatable bonds is 4. The molecule has 2 aliphatic heterocycles. The Labute approximate surface area is 152 Å². The minimum atomic E-state index is 0.0267. The number of nitrogens with zero attached hydrogens (tertiary/aromatic N) is 2. The number of carbonyl (C=O) groups excluding carboxylic acids is 2. The first-order valence-corrected chi connectivity index (χ1v) is 9.44. The lowest BCUT2D eigenvalue weighted by atomic mass is 9.83. The normalized spacial score (nSPS) is 23.3. The minimum Gasteiger partial charge on any atom is -0.463 e. The Bertz CT molecular complexity index is 815. The van der Waals surface area contributed by atoms with Crippen LogP contribution in [0.15, 0.2) is 34.9 Å². The van der Waals surface area contributed by atoms with Gasteiger partial charge in [-0.15, -0.1) is 0 Å². The Hall–Kier alpha value is -2.34. The summed E-state index contributed by atoms with van der Waals surface area (Å²) in [5.41, 5.74) is 6.99. The van der Waals surface area contributed by atoms with Gasteiger partial charge in [-0.25, -0.2) is 0 Å². The van der Waals surface area contributed by atoms with Gasteiger partial charge in [-0.2, -0.15) is 0 Å². The maximum absolute atomic E-state index is 13.0. The third kappa shape index (κ3) is 2.98. The van der Waals surface area contributed by atoms with E-state index in [4.69, 9.17) is 10.2 Å². The smallest absolute Gasteiger partial charge is 0.257 e. The van der Waals surface area contributed by atoms with Gasteiger partial charge in [0.15, 0.2) is 0 Å². The molecule has 2 aliphatic rings. The van der Waals surface area contributed by atoms with Crippen LogP contribution in [0.1, 0.15) is 36.0 Å². The van der Waals surface area contributed by atoms with Crippen molar-refractivity contribution in [2.75, 3.05) is 26.2 Å². The van der Waals surface area contributed by atoms with Crippen LogP contribution in [0.4, 0.5) is 0 Å². The average Bonchev–Trinajstić information content (AvgIpc) is 3.10. The van der Waals surface area contributed by atoms with Crippen molar-refractivity contribution in [1.82, 2.24) is 9.80 Å². The minimum absolute atomic E-state index is 0.0267. The number of amides is 2. The van der Waals surface area contributed by atoms with E-state index in [1.807, 2.05) is 34.1 Å². The predicted molar refractivity (Wildman–Crippen MR) is 98.6 cm³/mol. The molecule has 0 spiro atoms. The summed E-state index contributed by atoms with van der Waals surface area (Å²) >= 11 is 0. The molecule has 0 aliphatic carbocycles. The Balaban J connectivity index is 1.49. The third-order valence-corrected chi connectivity index (χ3v) is 5.75. The second-order valence-electron chi connectivity index (χ2n) is 7.28. The molecule has 2 saturated heterocycles. The summed E-state index contributed by atoms with van der Waals surface area (Å²) in [6.07, 6.45) is 4.67. The van der Waals surface area contributed by atoms with E-state index in [1.54, 1.807) is 6.26 Å². The first-order chi connectivity index (χ1) is 12.7. The molecule has 0 radical (unpaired) electrons. The van der Waals surface area contributed by atoms with Gasteiger partial charge in [-0.1, -0.05) is 18.2 Å². The molecule has 1 aromatic carbocycles. The fourth-order valence-corrected chi connectivity index (χ4v) is 4.40. The summed E-state index contributed by atoms with van der Waals surface area (Å²) in [6.45, 7) is 2.71. The molecule has 0 unspecified atom stereocenters. The van der Waals surface area contributed by atoms with Crippen LogP contribution in [-0.2, 0) is 4.79 Å². The lowest BCUT2D eigenvalue weighted by Gasteiger charge is -2.47. The highest BCUT2D eigenvalue weighted by molar-refractivity contribution is 6.05. The van der Waals surface area contributed by atoms with E-state index in [2.05, 4.69) is 0 Å². The highest BCUT2D eigenvalue weighted by atomic mass is 16.3. The van der Waals surface area contributed by atoms with Crippen molar-refractivity contribution in [2.45, 2.75) is 31.7 Å². The van der Waals surface area contributed by atoms with E-state index in [1.165, 1.54) is 0 Å². The van der Waals surface area contributed by atoms with Crippen LogP contribution in [0.5, 0.6) is 0 Å². The number of nitrogens with two attached hydrogens (primary N) is 1. The van der Waals surface area contributed by atoms with Crippen LogP contribution < -0.4 is 5.73 Å². The molecular formula is C20H25N3O3. The van der Waals surface area contributed by atoms with Gasteiger partial charge in [0, 0.05) is 37.5 Å². The number of piperidine rings is 2. The van der Waals surface area contributed by atoms with Gasteiger partial charge in [0.05, 0.1) is 5.56 Å². The molecule has 2 N–H and O–H groups in total. The Morgan fingerprint density at radius 2 is 2.12 bits per heavy atom. The number of benzene rings is 1. The van der Waals surface area contributed by atoms with E-state index in [0.29, 0.717) is 37.5 Å². The zero-order valence-electron chi connectivity index (χ0n) is 14.9. The zero-order valence-corrected chi connectivity index (χ0v) is 14.9. The number of para-hydroxylation sites is 1. The average molecular weight is 355 g/mol. The molecule has 3 heterocycles. The molecule has 26 heavy (non-hydrogen) atoms. The third-order valence-electron chi connectivity index (χ3n) is 5.75. The quantitative estimate of drug-likeness (QED) is 0.912. The van der Waals surface area contributed by atoms with Gasteiger partial charge in [0.1, 0.15) is 11.8 Å². The maximum atomic E-state index is 13.0. The Kier molecular flexibility index (Phi) is 4.68. The van der Waals surface area contributed by atoms with Crippen LogP contribution in [0.3, 0.4) is 0 Å². The molecular weight excluding hydrogens is 330 g/mol. The van der Waals surface area contributed by atoms with Gasteiger partial charge in [-0.3, -0.25) is 9.59 Å². The monoisotopic (exact) mass is 355 g/mol.